The van der Waals surface area contributed by atoms with Gasteiger partial charge in [0.15, 0.2) is 0 Å². The molecule has 1 aromatic rings. The minimum absolute atomic E-state index is 0.0766. The summed E-state index contributed by atoms with van der Waals surface area (Å²) in [4.78, 5) is 0. The zero-order valence-corrected chi connectivity index (χ0v) is 11.3. The number of benzene rings is 1. The average Bonchev–Trinajstić information content (AvgIpc) is 2.36. The standard InChI is InChI=1S/C15H25NO/c1-4-8-12(3)11-17-15-10-7-6-9-13(15)14(16)5-2/h6-7,9-10,12,14H,4-5,8,11,16H2,1-3H3/t12?,14-/m0/s1. The van der Waals surface area contributed by atoms with Crippen molar-refractivity contribution in [2.75, 3.05) is 6.61 Å². The van der Waals surface area contributed by atoms with Gasteiger partial charge in [-0.3, -0.25) is 0 Å². The molecule has 1 aromatic carbocycles. The van der Waals surface area contributed by atoms with Crippen molar-refractivity contribution in [3.63, 3.8) is 0 Å². The van der Waals surface area contributed by atoms with Crippen LogP contribution in [0.15, 0.2) is 24.3 Å². The van der Waals surface area contributed by atoms with E-state index in [-0.39, 0.29) is 6.04 Å². The van der Waals surface area contributed by atoms with Gasteiger partial charge in [0.05, 0.1) is 6.61 Å². The van der Waals surface area contributed by atoms with Crippen molar-refractivity contribution in [3.05, 3.63) is 29.8 Å². The summed E-state index contributed by atoms with van der Waals surface area (Å²) in [5.74, 6) is 1.55. The Labute approximate surface area is 105 Å². The highest BCUT2D eigenvalue weighted by Crippen LogP contribution is 2.25. The summed E-state index contributed by atoms with van der Waals surface area (Å²) in [6.07, 6.45) is 3.35. The molecule has 2 atom stereocenters. The summed E-state index contributed by atoms with van der Waals surface area (Å²) < 4.78 is 5.89. The Morgan fingerprint density at radius 1 is 1.24 bits per heavy atom. The largest absolute Gasteiger partial charge is 0.493 e. The zero-order chi connectivity index (χ0) is 12.7. The van der Waals surface area contributed by atoms with Crippen molar-refractivity contribution in [3.8, 4) is 5.75 Å². The topological polar surface area (TPSA) is 35.2 Å². The number of nitrogens with two attached hydrogens (primary N) is 1. The quantitative estimate of drug-likeness (QED) is 0.777. The van der Waals surface area contributed by atoms with Crippen LogP contribution in [-0.2, 0) is 0 Å². The Kier molecular flexibility index (Phi) is 6.06. The summed E-state index contributed by atoms with van der Waals surface area (Å²) in [6, 6.07) is 8.18. The Bertz CT molecular complexity index is 324. The van der Waals surface area contributed by atoms with Gasteiger partial charge >= 0.3 is 0 Å². The molecule has 0 saturated carbocycles. The summed E-state index contributed by atoms with van der Waals surface area (Å²) in [6.45, 7) is 7.31. The van der Waals surface area contributed by atoms with Crippen LogP contribution >= 0.6 is 0 Å². The van der Waals surface area contributed by atoms with Crippen LogP contribution in [0.3, 0.4) is 0 Å². The van der Waals surface area contributed by atoms with E-state index in [0.717, 1.165) is 24.3 Å². The van der Waals surface area contributed by atoms with Crippen molar-refractivity contribution in [1.29, 1.82) is 0 Å². The van der Waals surface area contributed by atoms with Crippen molar-refractivity contribution in [2.24, 2.45) is 11.7 Å². The highest BCUT2D eigenvalue weighted by atomic mass is 16.5. The van der Waals surface area contributed by atoms with E-state index < -0.39 is 0 Å². The lowest BCUT2D eigenvalue weighted by Crippen LogP contribution is -2.13. The first kappa shape index (κ1) is 14.0. The van der Waals surface area contributed by atoms with Crippen molar-refractivity contribution < 1.29 is 4.74 Å². The molecule has 0 aliphatic rings. The maximum Gasteiger partial charge on any atom is 0.124 e. The second-order valence-corrected chi connectivity index (χ2v) is 4.76. The third-order valence-electron chi connectivity index (χ3n) is 3.06. The molecular formula is C15H25NO. The van der Waals surface area contributed by atoms with E-state index in [2.05, 4.69) is 26.8 Å². The maximum atomic E-state index is 6.08. The van der Waals surface area contributed by atoms with E-state index in [4.69, 9.17) is 10.5 Å². The fraction of sp³-hybridized carbons (Fsp3) is 0.600. The van der Waals surface area contributed by atoms with Gasteiger partial charge < -0.3 is 10.5 Å². The third kappa shape index (κ3) is 4.39. The van der Waals surface area contributed by atoms with Crippen LogP contribution in [0.4, 0.5) is 0 Å². The first-order valence-corrected chi connectivity index (χ1v) is 6.66. The van der Waals surface area contributed by atoms with Gasteiger partial charge in [-0.1, -0.05) is 45.4 Å². The first-order chi connectivity index (χ1) is 8.19. The molecule has 0 spiro atoms. The van der Waals surface area contributed by atoms with Crippen molar-refractivity contribution in [2.45, 2.75) is 46.1 Å². The van der Waals surface area contributed by atoms with E-state index in [0.29, 0.717) is 5.92 Å². The molecule has 0 saturated heterocycles. The van der Waals surface area contributed by atoms with Crippen LogP contribution < -0.4 is 10.5 Å². The minimum atomic E-state index is 0.0766. The van der Waals surface area contributed by atoms with Crippen LogP contribution in [-0.4, -0.2) is 6.61 Å². The summed E-state index contributed by atoms with van der Waals surface area (Å²) in [5.41, 5.74) is 7.20. The number of hydrogen-bond donors (Lipinski definition) is 1. The van der Waals surface area contributed by atoms with Gasteiger partial charge in [-0.05, 0) is 24.8 Å². The highest BCUT2D eigenvalue weighted by Gasteiger charge is 2.10. The van der Waals surface area contributed by atoms with Crippen LogP contribution in [0.2, 0.25) is 0 Å². The molecule has 0 fully saturated rings. The highest BCUT2D eigenvalue weighted by molar-refractivity contribution is 5.35. The Morgan fingerprint density at radius 2 is 1.94 bits per heavy atom. The monoisotopic (exact) mass is 235 g/mol. The first-order valence-electron chi connectivity index (χ1n) is 6.66. The van der Waals surface area contributed by atoms with Gasteiger partial charge in [0, 0.05) is 11.6 Å². The predicted molar refractivity (Wildman–Crippen MR) is 73.2 cm³/mol. The molecule has 0 radical (unpaired) electrons. The van der Waals surface area contributed by atoms with Crippen molar-refractivity contribution >= 4 is 0 Å². The van der Waals surface area contributed by atoms with Gasteiger partial charge in [-0.15, -0.1) is 0 Å². The van der Waals surface area contributed by atoms with Gasteiger partial charge in [0.2, 0.25) is 0 Å². The maximum absolute atomic E-state index is 6.08. The fourth-order valence-corrected chi connectivity index (χ4v) is 1.95. The molecule has 17 heavy (non-hydrogen) atoms. The van der Waals surface area contributed by atoms with Gasteiger partial charge in [0.1, 0.15) is 5.75 Å². The van der Waals surface area contributed by atoms with Crippen LogP contribution in [0.1, 0.15) is 51.6 Å². The minimum Gasteiger partial charge on any atom is -0.493 e. The van der Waals surface area contributed by atoms with Gasteiger partial charge in [-0.2, -0.15) is 0 Å². The van der Waals surface area contributed by atoms with E-state index >= 15 is 0 Å². The third-order valence-corrected chi connectivity index (χ3v) is 3.06. The molecule has 0 aromatic heterocycles. The van der Waals surface area contributed by atoms with Crippen LogP contribution in [0.5, 0.6) is 5.75 Å². The summed E-state index contributed by atoms with van der Waals surface area (Å²) in [7, 11) is 0. The van der Waals surface area contributed by atoms with E-state index in [1.54, 1.807) is 0 Å². The molecule has 2 heteroatoms. The second-order valence-electron chi connectivity index (χ2n) is 4.76. The van der Waals surface area contributed by atoms with E-state index in [9.17, 15) is 0 Å². The summed E-state index contributed by atoms with van der Waals surface area (Å²) in [5, 5.41) is 0. The second kappa shape index (κ2) is 7.33. The molecule has 1 unspecified atom stereocenters. The average molecular weight is 235 g/mol. The lowest BCUT2D eigenvalue weighted by Gasteiger charge is -2.17. The van der Waals surface area contributed by atoms with Crippen LogP contribution in [0.25, 0.3) is 0 Å². The molecule has 1 rings (SSSR count). The van der Waals surface area contributed by atoms with Gasteiger partial charge in [0.25, 0.3) is 0 Å². The SMILES string of the molecule is CCCC(C)COc1ccccc1[C@@H](N)CC. The van der Waals surface area contributed by atoms with Crippen LogP contribution in [0, 0.1) is 5.92 Å². The normalized spacial score (nSPS) is 14.4. The van der Waals surface area contributed by atoms with E-state index in [1.165, 1.54) is 12.8 Å². The molecule has 0 heterocycles. The molecular weight excluding hydrogens is 210 g/mol. The molecule has 2 N–H and O–H groups in total. The van der Waals surface area contributed by atoms with Crippen molar-refractivity contribution in [1.82, 2.24) is 0 Å². The lowest BCUT2D eigenvalue weighted by molar-refractivity contribution is 0.248. The number of para-hydroxylation sites is 1. The fourth-order valence-electron chi connectivity index (χ4n) is 1.95. The molecule has 0 aliphatic carbocycles. The smallest absolute Gasteiger partial charge is 0.124 e. The zero-order valence-electron chi connectivity index (χ0n) is 11.3. The van der Waals surface area contributed by atoms with E-state index in [1.807, 2.05) is 18.2 Å². The number of rotatable bonds is 7. The molecule has 2 nitrogen and oxygen atoms in total. The number of ether oxygens (including phenoxy) is 1. The molecule has 96 valence electrons. The van der Waals surface area contributed by atoms with Gasteiger partial charge in [-0.25, -0.2) is 0 Å². The molecule has 0 bridgehead atoms. The predicted octanol–water partition coefficient (Wildman–Crippen LogP) is 3.91. The lowest BCUT2D eigenvalue weighted by atomic mass is 10.0. The Morgan fingerprint density at radius 3 is 2.59 bits per heavy atom. The Balaban J connectivity index is 2.63. The number of hydrogen-bond acceptors (Lipinski definition) is 2. The Hall–Kier alpha value is -1.02. The molecule has 0 aliphatic heterocycles. The molecule has 0 amide bonds. The summed E-state index contributed by atoms with van der Waals surface area (Å²) >= 11 is 0.